The molecule has 0 fully saturated rings. The van der Waals surface area contributed by atoms with Crippen molar-refractivity contribution in [2.45, 2.75) is 122 Å². The minimum atomic E-state index is -0.707. The zero-order valence-electron chi connectivity index (χ0n) is 15.7. The van der Waals surface area contributed by atoms with Gasteiger partial charge < -0.3 is 15.3 Å². The van der Waals surface area contributed by atoms with E-state index in [-0.39, 0.29) is 18.6 Å². The number of aliphatic carboxylic acids is 1. The standard InChI is InChI=1S/C20H40O4/c1-2-3-4-7-10-13-18(21)16-17-19(22)14-11-8-5-6-9-12-15-20(23)24/h18-19,21-22H,2-17H2,1H3,(H,23,24)/t18-,19+/m0/s1. The van der Waals surface area contributed by atoms with Gasteiger partial charge in [-0.25, -0.2) is 0 Å². The van der Waals surface area contributed by atoms with Crippen LogP contribution in [0.1, 0.15) is 110 Å². The second kappa shape index (κ2) is 17.2. The van der Waals surface area contributed by atoms with Crippen molar-refractivity contribution in [3.63, 3.8) is 0 Å². The van der Waals surface area contributed by atoms with Crippen LogP contribution in [0.5, 0.6) is 0 Å². The Kier molecular flexibility index (Phi) is 16.8. The van der Waals surface area contributed by atoms with E-state index >= 15 is 0 Å². The maximum Gasteiger partial charge on any atom is 0.303 e. The quantitative estimate of drug-likeness (QED) is 0.304. The van der Waals surface area contributed by atoms with Gasteiger partial charge in [-0.2, -0.15) is 0 Å². The maximum atomic E-state index is 10.4. The summed E-state index contributed by atoms with van der Waals surface area (Å²) in [7, 11) is 0. The smallest absolute Gasteiger partial charge is 0.303 e. The van der Waals surface area contributed by atoms with Gasteiger partial charge >= 0.3 is 5.97 Å². The molecule has 0 unspecified atom stereocenters. The Labute approximate surface area is 148 Å². The summed E-state index contributed by atoms with van der Waals surface area (Å²) < 4.78 is 0. The molecule has 24 heavy (non-hydrogen) atoms. The molecule has 0 aromatic carbocycles. The van der Waals surface area contributed by atoms with Crippen LogP contribution in [0, 0.1) is 0 Å². The van der Waals surface area contributed by atoms with E-state index in [0.717, 1.165) is 57.8 Å². The van der Waals surface area contributed by atoms with Gasteiger partial charge in [0.2, 0.25) is 0 Å². The van der Waals surface area contributed by atoms with Gasteiger partial charge in [-0.3, -0.25) is 4.79 Å². The van der Waals surface area contributed by atoms with E-state index in [1.807, 2.05) is 0 Å². The Balaban J connectivity index is 3.33. The van der Waals surface area contributed by atoms with Gasteiger partial charge in [-0.1, -0.05) is 71.1 Å². The summed E-state index contributed by atoms with van der Waals surface area (Å²) in [5.41, 5.74) is 0. The van der Waals surface area contributed by atoms with Gasteiger partial charge in [0.1, 0.15) is 0 Å². The highest BCUT2D eigenvalue weighted by molar-refractivity contribution is 5.66. The summed E-state index contributed by atoms with van der Waals surface area (Å²) in [5.74, 6) is -0.707. The molecule has 0 rings (SSSR count). The molecule has 0 aliphatic heterocycles. The number of aliphatic hydroxyl groups excluding tert-OH is 2. The van der Waals surface area contributed by atoms with Crippen LogP contribution in [0.4, 0.5) is 0 Å². The number of carboxylic acid groups (broad SMARTS) is 1. The number of carboxylic acids is 1. The Morgan fingerprint density at radius 1 is 0.667 bits per heavy atom. The molecule has 3 N–H and O–H groups in total. The lowest BCUT2D eigenvalue weighted by molar-refractivity contribution is -0.137. The fourth-order valence-corrected chi connectivity index (χ4v) is 3.02. The normalized spacial score (nSPS) is 13.8. The van der Waals surface area contributed by atoms with Crippen molar-refractivity contribution in [2.24, 2.45) is 0 Å². The zero-order valence-corrected chi connectivity index (χ0v) is 15.7. The molecule has 0 saturated carbocycles. The molecule has 4 nitrogen and oxygen atoms in total. The topological polar surface area (TPSA) is 77.8 Å². The van der Waals surface area contributed by atoms with E-state index in [0.29, 0.717) is 12.8 Å². The van der Waals surface area contributed by atoms with Crippen LogP contribution in [0.15, 0.2) is 0 Å². The van der Waals surface area contributed by atoms with E-state index in [4.69, 9.17) is 5.11 Å². The minimum absolute atomic E-state index is 0.254. The number of hydrogen-bond acceptors (Lipinski definition) is 3. The van der Waals surface area contributed by atoms with Crippen molar-refractivity contribution in [3.8, 4) is 0 Å². The van der Waals surface area contributed by atoms with Gasteiger partial charge in [0.25, 0.3) is 0 Å². The first-order valence-corrected chi connectivity index (χ1v) is 10.1. The van der Waals surface area contributed by atoms with Crippen LogP contribution in [0.3, 0.4) is 0 Å². The first kappa shape index (κ1) is 23.4. The second-order valence-corrected chi connectivity index (χ2v) is 7.14. The lowest BCUT2D eigenvalue weighted by Gasteiger charge is -2.14. The first-order chi connectivity index (χ1) is 11.6. The summed E-state index contributed by atoms with van der Waals surface area (Å²) in [4.78, 5) is 10.4. The lowest BCUT2D eigenvalue weighted by atomic mass is 10.00. The molecule has 0 radical (unpaired) electrons. The number of aliphatic hydroxyl groups is 2. The number of rotatable bonds is 18. The average Bonchev–Trinajstić information content (AvgIpc) is 2.55. The number of carbonyl (C=O) groups is 1. The summed E-state index contributed by atoms with van der Waals surface area (Å²) in [6.07, 6.45) is 15.0. The van der Waals surface area contributed by atoms with E-state index in [1.165, 1.54) is 25.7 Å². The van der Waals surface area contributed by atoms with Gasteiger partial charge in [-0.05, 0) is 32.1 Å². The largest absolute Gasteiger partial charge is 0.481 e. The molecule has 144 valence electrons. The minimum Gasteiger partial charge on any atom is -0.481 e. The highest BCUT2D eigenvalue weighted by Crippen LogP contribution is 2.15. The van der Waals surface area contributed by atoms with Crippen molar-refractivity contribution < 1.29 is 20.1 Å². The highest BCUT2D eigenvalue weighted by atomic mass is 16.4. The Morgan fingerprint density at radius 3 is 1.54 bits per heavy atom. The monoisotopic (exact) mass is 344 g/mol. The summed E-state index contributed by atoms with van der Waals surface area (Å²) in [5, 5.41) is 28.4. The molecule has 4 heteroatoms. The Morgan fingerprint density at radius 2 is 1.08 bits per heavy atom. The predicted octanol–water partition coefficient (Wildman–Crippen LogP) is 5.05. The van der Waals surface area contributed by atoms with Crippen LogP contribution in [-0.4, -0.2) is 33.5 Å². The molecule has 0 bridgehead atoms. The van der Waals surface area contributed by atoms with Gasteiger partial charge in [0, 0.05) is 6.42 Å². The third-order valence-corrected chi connectivity index (χ3v) is 4.65. The summed E-state index contributed by atoms with van der Waals surface area (Å²) in [6.45, 7) is 2.20. The number of hydrogen-bond donors (Lipinski definition) is 3. The lowest BCUT2D eigenvalue weighted by Crippen LogP contribution is -2.13. The van der Waals surface area contributed by atoms with Crippen LogP contribution in [0.25, 0.3) is 0 Å². The van der Waals surface area contributed by atoms with Crippen molar-refractivity contribution in [3.05, 3.63) is 0 Å². The molecular weight excluding hydrogens is 304 g/mol. The van der Waals surface area contributed by atoms with E-state index < -0.39 is 5.97 Å². The molecule has 0 amide bonds. The molecule has 0 spiro atoms. The molecule has 0 aromatic heterocycles. The fourth-order valence-electron chi connectivity index (χ4n) is 3.02. The summed E-state index contributed by atoms with van der Waals surface area (Å²) in [6, 6.07) is 0. The van der Waals surface area contributed by atoms with E-state index in [2.05, 4.69) is 6.92 Å². The first-order valence-electron chi connectivity index (χ1n) is 10.1. The third kappa shape index (κ3) is 17.7. The van der Waals surface area contributed by atoms with Gasteiger partial charge in [0.15, 0.2) is 0 Å². The van der Waals surface area contributed by atoms with Crippen LogP contribution in [-0.2, 0) is 4.79 Å². The molecule has 0 aliphatic carbocycles. The van der Waals surface area contributed by atoms with Crippen LogP contribution < -0.4 is 0 Å². The van der Waals surface area contributed by atoms with Crippen LogP contribution in [0.2, 0.25) is 0 Å². The molecule has 0 aliphatic rings. The highest BCUT2D eigenvalue weighted by Gasteiger charge is 2.09. The Hall–Kier alpha value is -0.610. The molecule has 0 heterocycles. The molecule has 0 saturated heterocycles. The van der Waals surface area contributed by atoms with E-state index in [9.17, 15) is 15.0 Å². The average molecular weight is 345 g/mol. The Bertz CT molecular complexity index is 281. The zero-order chi connectivity index (χ0) is 18.0. The number of unbranched alkanes of at least 4 members (excludes halogenated alkanes) is 9. The maximum absolute atomic E-state index is 10.4. The van der Waals surface area contributed by atoms with Gasteiger partial charge in [0.05, 0.1) is 12.2 Å². The van der Waals surface area contributed by atoms with Crippen molar-refractivity contribution in [1.82, 2.24) is 0 Å². The van der Waals surface area contributed by atoms with E-state index in [1.54, 1.807) is 0 Å². The van der Waals surface area contributed by atoms with Gasteiger partial charge in [-0.15, -0.1) is 0 Å². The van der Waals surface area contributed by atoms with Crippen molar-refractivity contribution in [1.29, 1.82) is 0 Å². The molecular formula is C20H40O4. The van der Waals surface area contributed by atoms with Crippen molar-refractivity contribution in [2.75, 3.05) is 0 Å². The fraction of sp³-hybridized carbons (Fsp3) is 0.950. The van der Waals surface area contributed by atoms with Crippen molar-refractivity contribution >= 4 is 5.97 Å². The third-order valence-electron chi connectivity index (χ3n) is 4.65. The SMILES string of the molecule is CCCCCCC[C@H](O)CC[C@H](O)CCCCCCCCC(=O)O. The van der Waals surface area contributed by atoms with Crippen LogP contribution >= 0.6 is 0 Å². The predicted molar refractivity (Wildman–Crippen MR) is 99.2 cm³/mol. The molecule has 2 atom stereocenters. The summed E-state index contributed by atoms with van der Waals surface area (Å²) >= 11 is 0. The second-order valence-electron chi connectivity index (χ2n) is 7.14. The molecule has 0 aromatic rings.